The van der Waals surface area contributed by atoms with Gasteiger partial charge in [-0.15, -0.1) is 0 Å². The first kappa shape index (κ1) is 21.2. The SMILES string of the molecule is CCc1ccc(-c2nc(CCOc3ccc4c(c3)CC[C@H]4CC(=O)O)c(CC)o2)cc1. The number of carboxylic acids is 1. The number of rotatable bonds is 9. The Hall–Kier alpha value is -3.08. The highest BCUT2D eigenvalue weighted by Crippen LogP contribution is 2.37. The van der Waals surface area contributed by atoms with Crippen molar-refractivity contribution in [1.29, 1.82) is 0 Å². The van der Waals surface area contributed by atoms with Crippen molar-refractivity contribution in [1.82, 2.24) is 4.98 Å². The molecule has 0 unspecified atom stereocenters. The second-order valence-corrected chi connectivity index (χ2v) is 8.09. The van der Waals surface area contributed by atoms with Gasteiger partial charge in [0.2, 0.25) is 5.89 Å². The van der Waals surface area contributed by atoms with Crippen molar-refractivity contribution in [3.05, 3.63) is 70.6 Å². The molecule has 1 aliphatic rings. The predicted molar refractivity (Wildman–Crippen MR) is 120 cm³/mol. The molecule has 1 atom stereocenters. The number of hydrogen-bond donors (Lipinski definition) is 1. The van der Waals surface area contributed by atoms with Crippen molar-refractivity contribution in [3.8, 4) is 17.2 Å². The third-order valence-corrected chi connectivity index (χ3v) is 6.05. The first-order valence-electron chi connectivity index (χ1n) is 11.1. The Morgan fingerprint density at radius 3 is 2.68 bits per heavy atom. The molecule has 0 fully saturated rings. The quantitative estimate of drug-likeness (QED) is 0.489. The second-order valence-electron chi connectivity index (χ2n) is 8.09. The fourth-order valence-electron chi connectivity index (χ4n) is 4.32. The van der Waals surface area contributed by atoms with Gasteiger partial charge in [-0.3, -0.25) is 4.79 Å². The normalized spacial score (nSPS) is 15.1. The first-order chi connectivity index (χ1) is 15.1. The summed E-state index contributed by atoms with van der Waals surface area (Å²) in [5, 5.41) is 9.08. The fourth-order valence-corrected chi connectivity index (χ4v) is 4.32. The summed E-state index contributed by atoms with van der Waals surface area (Å²) >= 11 is 0. The molecule has 162 valence electrons. The number of aromatic nitrogens is 1. The van der Waals surface area contributed by atoms with Crippen LogP contribution in [-0.4, -0.2) is 22.7 Å². The Morgan fingerprint density at radius 1 is 1.16 bits per heavy atom. The molecule has 2 aromatic carbocycles. The maximum Gasteiger partial charge on any atom is 0.303 e. The minimum Gasteiger partial charge on any atom is -0.493 e. The average molecular weight is 420 g/mol. The summed E-state index contributed by atoms with van der Waals surface area (Å²) in [6.07, 6.45) is 4.48. The van der Waals surface area contributed by atoms with Crippen LogP contribution in [0.1, 0.15) is 60.8 Å². The Morgan fingerprint density at radius 2 is 1.97 bits per heavy atom. The zero-order chi connectivity index (χ0) is 21.8. The van der Waals surface area contributed by atoms with E-state index < -0.39 is 5.97 Å². The van der Waals surface area contributed by atoms with E-state index in [0.29, 0.717) is 18.9 Å². The summed E-state index contributed by atoms with van der Waals surface area (Å²) in [6.45, 7) is 4.73. The number of carboxylic acid groups (broad SMARTS) is 1. The van der Waals surface area contributed by atoms with Gasteiger partial charge in [-0.2, -0.15) is 0 Å². The highest BCUT2D eigenvalue weighted by atomic mass is 16.5. The molecule has 5 nitrogen and oxygen atoms in total. The van der Waals surface area contributed by atoms with E-state index in [2.05, 4.69) is 44.2 Å². The lowest BCUT2D eigenvalue weighted by atomic mass is 9.98. The van der Waals surface area contributed by atoms with Gasteiger partial charge in [0.1, 0.15) is 11.5 Å². The number of benzene rings is 2. The van der Waals surface area contributed by atoms with Crippen molar-refractivity contribution in [2.24, 2.45) is 0 Å². The van der Waals surface area contributed by atoms with Gasteiger partial charge < -0.3 is 14.3 Å². The third kappa shape index (κ3) is 4.82. The molecule has 0 bridgehead atoms. The number of oxazole rings is 1. The maximum absolute atomic E-state index is 11.0. The van der Waals surface area contributed by atoms with E-state index in [1.165, 1.54) is 11.1 Å². The minimum absolute atomic E-state index is 0.119. The van der Waals surface area contributed by atoms with Crippen LogP contribution in [0, 0.1) is 0 Å². The number of aryl methyl sites for hydroxylation is 3. The van der Waals surface area contributed by atoms with Gasteiger partial charge in [-0.25, -0.2) is 4.98 Å². The van der Waals surface area contributed by atoms with E-state index in [1.807, 2.05) is 12.1 Å². The molecule has 4 rings (SSSR count). The summed E-state index contributed by atoms with van der Waals surface area (Å²) < 4.78 is 12.0. The number of fused-ring (bicyclic) bond motifs is 1. The van der Waals surface area contributed by atoms with E-state index in [1.54, 1.807) is 0 Å². The van der Waals surface area contributed by atoms with Gasteiger partial charge >= 0.3 is 5.97 Å². The summed E-state index contributed by atoms with van der Waals surface area (Å²) in [5.41, 5.74) is 5.59. The van der Waals surface area contributed by atoms with Crippen LogP contribution in [0.2, 0.25) is 0 Å². The van der Waals surface area contributed by atoms with E-state index in [4.69, 9.17) is 19.2 Å². The van der Waals surface area contributed by atoms with Gasteiger partial charge in [-0.1, -0.05) is 32.0 Å². The summed E-state index contributed by atoms with van der Waals surface area (Å²) in [7, 11) is 0. The smallest absolute Gasteiger partial charge is 0.303 e. The number of carbonyl (C=O) groups is 1. The fraction of sp³-hybridized carbons (Fsp3) is 0.385. The minimum atomic E-state index is -0.738. The van der Waals surface area contributed by atoms with Gasteiger partial charge in [0.15, 0.2) is 0 Å². The molecule has 1 N–H and O–H groups in total. The molecule has 1 aliphatic carbocycles. The monoisotopic (exact) mass is 419 g/mol. The highest BCUT2D eigenvalue weighted by molar-refractivity contribution is 5.68. The van der Waals surface area contributed by atoms with Crippen LogP contribution in [0.25, 0.3) is 11.5 Å². The van der Waals surface area contributed by atoms with Crippen molar-refractivity contribution < 1.29 is 19.1 Å². The Bertz CT molecular complexity index is 1050. The molecule has 0 spiro atoms. The molecule has 0 radical (unpaired) electrons. The van der Waals surface area contributed by atoms with Crippen LogP contribution < -0.4 is 4.74 Å². The first-order valence-corrected chi connectivity index (χ1v) is 11.1. The summed E-state index contributed by atoms with van der Waals surface area (Å²) in [4.78, 5) is 15.8. The summed E-state index contributed by atoms with van der Waals surface area (Å²) in [6, 6.07) is 14.4. The lowest BCUT2D eigenvalue weighted by molar-refractivity contribution is -0.137. The number of nitrogens with zero attached hydrogens (tertiary/aromatic N) is 1. The van der Waals surface area contributed by atoms with E-state index in [-0.39, 0.29) is 12.3 Å². The Labute approximate surface area is 183 Å². The molecular weight excluding hydrogens is 390 g/mol. The Kier molecular flexibility index (Phi) is 6.40. The molecule has 0 saturated carbocycles. The van der Waals surface area contributed by atoms with Crippen molar-refractivity contribution in [2.75, 3.05) is 6.61 Å². The lowest BCUT2D eigenvalue weighted by Gasteiger charge is -2.10. The summed E-state index contributed by atoms with van der Waals surface area (Å²) in [5.74, 6) is 1.78. The van der Waals surface area contributed by atoms with Crippen LogP contribution in [0.15, 0.2) is 46.9 Å². The molecule has 0 amide bonds. The van der Waals surface area contributed by atoms with Crippen molar-refractivity contribution in [2.45, 2.75) is 58.3 Å². The topological polar surface area (TPSA) is 72.6 Å². The molecule has 3 aromatic rings. The third-order valence-electron chi connectivity index (χ3n) is 6.05. The maximum atomic E-state index is 11.0. The van der Waals surface area contributed by atoms with Gasteiger partial charge in [0.25, 0.3) is 0 Å². The molecule has 1 heterocycles. The number of ether oxygens (including phenoxy) is 1. The standard InChI is InChI=1S/C26H29NO4/c1-3-17-5-7-18(8-6-17)26-27-23(24(4-2)31-26)13-14-30-21-11-12-22-19(15-21)9-10-20(22)16-25(28)29/h5-8,11-12,15,20H,3-4,9-10,13-14,16H2,1-2H3,(H,28,29)/t20-/m0/s1. The zero-order valence-corrected chi connectivity index (χ0v) is 18.2. The van der Waals surface area contributed by atoms with Gasteiger partial charge in [-0.05, 0) is 66.1 Å². The van der Waals surface area contributed by atoms with E-state index >= 15 is 0 Å². The van der Waals surface area contributed by atoms with Crippen LogP contribution in [0.5, 0.6) is 5.75 Å². The van der Waals surface area contributed by atoms with Crippen LogP contribution in [0.4, 0.5) is 0 Å². The van der Waals surface area contributed by atoms with E-state index in [9.17, 15) is 4.79 Å². The lowest BCUT2D eigenvalue weighted by Crippen LogP contribution is -2.05. The predicted octanol–water partition coefficient (Wildman–Crippen LogP) is 5.59. The Balaban J connectivity index is 1.39. The van der Waals surface area contributed by atoms with Crippen LogP contribution in [0.3, 0.4) is 0 Å². The van der Waals surface area contributed by atoms with Gasteiger partial charge in [0.05, 0.1) is 18.7 Å². The molecule has 1 aromatic heterocycles. The molecule has 31 heavy (non-hydrogen) atoms. The zero-order valence-electron chi connectivity index (χ0n) is 18.2. The van der Waals surface area contributed by atoms with Crippen molar-refractivity contribution >= 4 is 5.97 Å². The second kappa shape index (κ2) is 9.38. The molecule has 5 heteroatoms. The van der Waals surface area contributed by atoms with Crippen LogP contribution in [-0.2, 0) is 30.5 Å². The molecule has 0 saturated heterocycles. The average Bonchev–Trinajstić information content (AvgIpc) is 3.37. The van der Waals surface area contributed by atoms with E-state index in [0.717, 1.165) is 54.0 Å². The molecule has 0 aliphatic heterocycles. The molecular formula is C26H29NO4. The number of aliphatic carboxylic acids is 1. The van der Waals surface area contributed by atoms with Crippen molar-refractivity contribution in [3.63, 3.8) is 0 Å². The largest absolute Gasteiger partial charge is 0.493 e. The van der Waals surface area contributed by atoms with Crippen LogP contribution >= 0.6 is 0 Å². The highest BCUT2D eigenvalue weighted by Gasteiger charge is 2.25. The number of hydrogen-bond acceptors (Lipinski definition) is 4. The van der Waals surface area contributed by atoms with Gasteiger partial charge in [0, 0.05) is 18.4 Å².